The smallest absolute Gasteiger partial charge is 0.335 e. The molecule has 242 valence electrons. The number of para-hydroxylation sites is 1. The van der Waals surface area contributed by atoms with Gasteiger partial charge in [-0.05, 0) is 61.5 Å². The van der Waals surface area contributed by atoms with Crippen LogP contribution >= 0.6 is 0 Å². The van der Waals surface area contributed by atoms with Gasteiger partial charge in [0.05, 0.1) is 31.1 Å². The summed E-state index contributed by atoms with van der Waals surface area (Å²) >= 11 is 0. The summed E-state index contributed by atoms with van der Waals surface area (Å²) in [5.41, 5.74) is 4.44. The molecule has 1 aliphatic rings. The molecule has 1 aromatic heterocycles. The Kier molecular flexibility index (Phi) is 10.1. The van der Waals surface area contributed by atoms with E-state index in [1.165, 1.54) is 0 Å². The fraction of sp³-hybridized carbons (Fsp3) is 0.361. The summed E-state index contributed by atoms with van der Waals surface area (Å²) in [5.74, 6) is -0.734. The third-order valence-electron chi connectivity index (χ3n) is 8.68. The minimum atomic E-state index is -0.963. The topological polar surface area (TPSA) is 124 Å². The van der Waals surface area contributed by atoms with Crippen molar-refractivity contribution in [3.63, 3.8) is 0 Å². The van der Waals surface area contributed by atoms with Crippen molar-refractivity contribution in [3.8, 4) is 5.75 Å². The van der Waals surface area contributed by atoms with Crippen LogP contribution in [0.4, 0.5) is 5.69 Å². The molecule has 0 saturated heterocycles. The second-order valence-corrected chi connectivity index (χ2v) is 12.4. The predicted octanol–water partition coefficient (Wildman–Crippen LogP) is 4.34. The molecule has 3 aromatic carbocycles. The van der Waals surface area contributed by atoms with Crippen LogP contribution in [0.3, 0.4) is 0 Å². The number of carboxylic acid groups (broad SMARTS) is 1. The minimum absolute atomic E-state index is 0.0674. The van der Waals surface area contributed by atoms with Crippen molar-refractivity contribution in [3.05, 3.63) is 95.2 Å². The molecule has 5 rings (SSSR count). The maximum absolute atomic E-state index is 13.6. The molecule has 0 aliphatic carbocycles. The molecule has 1 aliphatic heterocycles. The van der Waals surface area contributed by atoms with E-state index in [0.29, 0.717) is 36.6 Å². The number of nitrogens with one attached hydrogen (secondary N) is 1. The standard InChI is InChI=1S/C36H42N4O6/c1-23-18-40(24(2)22-41)35(43)17-27-15-29(37-34(42)16-28-20-39(4)31-8-6-5-7-30(28)31)13-14-32(27)46-33(23)21-38(3)19-25-9-11-26(12-10-25)36(44)45/h5-15,20,23-24,33,41H,16-19,21-22H2,1-4H3,(H,37,42)(H,44,45)/t23-,24+,33-/m0/s1. The highest BCUT2D eigenvalue weighted by atomic mass is 16.5. The summed E-state index contributed by atoms with van der Waals surface area (Å²) in [6.07, 6.45) is 1.95. The Morgan fingerprint density at radius 2 is 1.85 bits per heavy atom. The first-order valence-corrected chi connectivity index (χ1v) is 15.6. The zero-order valence-electron chi connectivity index (χ0n) is 26.8. The zero-order chi connectivity index (χ0) is 33.0. The number of anilines is 1. The van der Waals surface area contributed by atoms with Crippen LogP contribution in [0, 0.1) is 5.92 Å². The van der Waals surface area contributed by atoms with E-state index in [2.05, 4.69) is 10.2 Å². The molecule has 4 aromatic rings. The van der Waals surface area contributed by atoms with Crippen molar-refractivity contribution in [2.75, 3.05) is 32.1 Å². The summed E-state index contributed by atoms with van der Waals surface area (Å²) < 4.78 is 8.64. The lowest BCUT2D eigenvalue weighted by molar-refractivity contribution is -0.134. The van der Waals surface area contributed by atoms with Crippen LogP contribution in [0.2, 0.25) is 0 Å². The van der Waals surface area contributed by atoms with Crippen LogP contribution in [0.25, 0.3) is 10.9 Å². The molecular weight excluding hydrogens is 584 g/mol. The summed E-state index contributed by atoms with van der Waals surface area (Å²) in [5, 5.41) is 23.2. The summed E-state index contributed by atoms with van der Waals surface area (Å²) in [7, 11) is 3.94. The lowest BCUT2D eigenvalue weighted by Crippen LogP contribution is -2.47. The van der Waals surface area contributed by atoms with Gasteiger partial charge in [-0.2, -0.15) is 0 Å². The number of aryl methyl sites for hydroxylation is 1. The maximum Gasteiger partial charge on any atom is 0.335 e. The molecule has 0 bridgehead atoms. The van der Waals surface area contributed by atoms with E-state index < -0.39 is 5.97 Å². The lowest BCUT2D eigenvalue weighted by Gasteiger charge is -2.34. The van der Waals surface area contributed by atoms with Crippen molar-refractivity contribution in [1.82, 2.24) is 14.4 Å². The van der Waals surface area contributed by atoms with E-state index in [9.17, 15) is 24.6 Å². The molecule has 0 saturated carbocycles. The van der Waals surface area contributed by atoms with Gasteiger partial charge in [0.1, 0.15) is 11.9 Å². The highest BCUT2D eigenvalue weighted by molar-refractivity contribution is 5.96. The Balaban J connectivity index is 1.36. The molecule has 10 heteroatoms. The molecule has 0 radical (unpaired) electrons. The number of carbonyl (C=O) groups is 3. The van der Waals surface area contributed by atoms with E-state index in [4.69, 9.17) is 4.74 Å². The highest BCUT2D eigenvalue weighted by Crippen LogP contribution is 2.30. The van der Waals surface area contributed by atoms with Crippen LogP contribution in [-0.2, 0) is 36.0 Å². The Morgan fingerprint density at radius 3 is 2.57 bits per heavy atom. The highest BCUT2D eigenvalue weighted by Gasteiger charge is 2.31. The number of amides is 2. The normalized spacial score (nSPS) is 17.5. The van der Waals surface area contributed by atoms with E-state index in [1.807, 2.05) is 81.2 Å². The zero-order valence-corrected chi connectivity index (χ0v) is 26.8. The Labute approximate surface area is 269 Å². The molecule has 0 fully saturated rings. The number of aromatic carboxylic acids is 1. The molecule has 0 spiro atoms. The summed E-state index contributed by atoms with van der Waals surface area (Å²) in [6.45, 7) is 5.24. The largest absolute Gasteiger partial charge is 0.488 e. The fourth-order valence-corrected chi connectivity index (χ4v) is 6.11. The van der Waals surface area contributed by atoms with Gasteiger partial charge in [-0.3, -0.25) is 14.5 Å². The number of rotatable bonds is 10. The maximum atomic E-state index is 13.6. The van der Waals surface area contributed by atoms with Gasteiger partial charge >= 0.3 is 5.97 Å². The predicted molar refractivity (Wildman–Crippen MR) is 177 cm³/mol. The first-order valence-electron chi connectivity index (χ1n) is 15.6. The number of aliphatic hydroxyl groups is 1. The number of benzene rings is 3. The summed E-state index contributed by atoms with van der Waals surface area (Å²) in [6, 6.07) is 19.8. The van der Waals surface area contributed by atoms with Crippen LogP contribution in [0.1, 0.15) is 40.9 Å². The number of fused-ring (bicyclic) bond motifs is 2. The van der Waals surface area contributed by atoms with Gasteiger partial charge in [0.2, 0.25) is 11.8 Å². The number of ether oxygens (including phenoxy) is 1. The quantitative estimate of drug-likeness (QED) is 0.239. The monoisotopic (exact) mass is 626 g/mol. The second-order valence-electron chi connectivity index (χ2n) is 12.4. The first-order chi connectivity index (χ1) is 22.0. The second kappa shape index (κ2) is 14.2. The van der Waals surface area contributed by atoms with Crippen molar-refractivity contribution < 1.29 is 29.3 Å². The lowest BCUT2D eigenvalue weighted by atomic mass is 10.0. The molecule has 2 amide bonds. The van der Waals surface area contributed by atoms with Gasteiger partial charge in [0.15, 0.2) is 0 Å². The van der Waals surface area contributed by atoms with Gasteiger partial charge in [0.25, 0.3) is 0 Å². The number of nitrogens with zero attached hydrogens (tertiary/aromatic N) is 3. The average molecular weight is 627 g/mol. The summed E-state index contributed by atoms with van der Waals surface area (Å²) in [4.78, 5) is 41.8. The van der Waals surface area contributed by atoms with Crippen LogP contribution < -0.4 is 10.1 Å². The Morgan fingerprint density at radius 1 is 1.11 bits per heavy atom. The van der Waals surface area contributed by atoms with Crippen LogP contribution in [0.5, 0.6) is 5.75 Å². The van der Waals surface area contributed by atoms with E-state index in [-0.39, 0.29) is 54.9 Å². The van der Waals surface area contributed by atoms with Crippen molar-refractivity contribution >= 4 is 34.4 Å². The molecule has 0 unspecified atom stereocenters. The van der Waals surface area contributed by atoms with Crippen molar-refractivity contribution in [2.24, 2.45) is 13.0 Å². The number of aliphatic hydroxyl groups excluding tert-OH is 1. The van der Waals surface area contributed by atoms with E-state index >= 15 is 0 Å². The third-order valence-corrected chi connectivity index (χ3v) is 8.68. The van der Waals surface area contributed by atoms with Crippen molar-refractivity contribution in [1.29, 1.82) is 0 Å². The number of carboxylic acids is 1. The van der Waals surface area contributed by atoms with Gasteiger partial charge in [0, 0.05) is 61.0 Å². The number of carbonyl (C=O) groups excluding carboxylic acids is 2. The van der Waals surface area contributed by atoms with Gasteiger partial charge in [-0.25, -0.2) is 4.79 Å². The SMILES string of the molecule is C[C@H](CO)N1C[C@H](C)[C@H](CN(C)Cc2ccc(C(=O)O)cc2)Oc2ccc(NC(=O)Cc3cn(C)c4ccccc34)cc2CC1=O. The third kappa shape index (κ3) is 7.58. The van der Waals surface area contributed by atoms with Crippen LogP contribution in [0.15, 0.2) is 72.9 Å². The Bertz CT molecular complexity index is 1720. The van der Waals surface area contributed by atoms with Crippen molar-refractivity contribution in [2.45, 2.75) is 45.4 Å². The van der Waals surface area contributed by atoms with E-state index in [1.54, 1.807) is 29.2 Å². The molecule has 46 heavy (non-hydrogen) atoms. The number of aromatic nitrogens is 1. The number of hydrogen-bond donors (Lipinski definition) is 3. The van der Waals surface area contributed by atoms with Gasteiger partial charge in [-0.1, -0.05) is 37.3 Å². The molecule has 10 nitrogen and oxygen atoms in total. The molecule has 3 atom stereocenters. The molecular formula is C36H42N4O6. The number of hydrogen-bond acceptors (Lipinski definition) is 6. The molecule has 3 N–H and O–H groups in total. The van der Waals surface area contributed by atoms with Gasteiger partial charge in [-0.15, -0.1) is 0 Å². The Hall–Kier alpha value is -4.67. The first kappa shape index (κ1) is 32.7. The molecule has 2 heterocycles. The van der Waals surface area contributed by atoms with E-state index in [0.717, 1.165) is 22.0 Å². The average Bonchev–Trinajstić information content (AvgIpc) is 3.36. The minimum Gasteiger partial charge on any atom is -0.488 e. The fourth-order valence-electron chi connectivity index (χ4n) is 6.11. The van der Waals surface area contributed by atoms with Gasteiger partial charge < -0.3 is 29.7 Å². The van der Waals surface area contributed by atoms with Crippen LogP contribution in [-0.4, -0.2) is 81.3 Å². The number of likely N-dealkylation sites (N-methyl/N-ethyl adjacent to an activating group) is 1.